The first-order valence-corrected chi connectivity index (χ1v) is 12.2. The van der Waals surface area contributed by atoms with Gasteiger partial charge in [0.1, 0.15) is 23.3 Å². The van der Waals surface area contributed by atoms with Crippen molar-refractivity contribution in [1.29, 1.82) is 5.26 Å². The van der Waals surface area contributed by atoms with Gasteiger partial charge in [0, 0.05) is 5.56 Å². The van der Waals surface area contributed by atoms with Gasteiger partial charge in [0.2, 0.25) is 0 Å². The molecule has 0 heterocycles. The second-order valence-corrected chi connectivity index (χ2v) is 9.51. The van der Waals surface area contributed by atoms with E-state index in [-0.39, 0.29) is 5.56 Å². The van der Waals surface area contributed by atoms with Crippen LogP contribution >= 0.6 is 0 Å². The summed E-state index contributed by atoms with van der Waals surface area (Å²) in [5, 5.41) is 8.72. The number of benzene rings is 1. The van der Waals surface area contributed by atoms with Crippen LogP contribution in [0.25, 0.3) is 0 Å². The summed E-state index contributed by atoms with van der Waals surface area (Å²) in [4.78, 5) is 0. The molecule has 31 heavy (non-hydrogen) atoms. The first-order chi connectivity index (χ1) is 15.1. The van der Waals surface area contributed by atoms with Crippen LogP contribution in [0.4, 0.5) is 8.78 Å². The van der Waals surface area contributed by atoms with Gasteiger partial charge in [0.05, 0.1) is 0 Å². The molecule has 0 atom stereocenters. The molecule has 3 heteroatoms. The average molecular weight is 424 g/mol. The lowest BCUT2D eigenvalue weighted by atomic mass is 9.68. The molecule has 2 aliphatic rings. The van der Waals surface area contributed by atoms with E-state index in [4.69, 9.17) is 5.26 Å². The lowest BCUT2D eigenvalue weighted by Gasteiger charge is -2.37. The van der Waals surface area contributed by atoms with Crippen LogP contribution < -0.4 is 0 Å². The molecule has 1 aromatic carbocycles. The third-order valence-corrected chi connectivity index (χ3v) is 7.41. The van der Waals surface area contributed by atoms with Crippen molar-refractivity contribution in [3.05, 3.63) is 47.0 Å². The number of nitrogens with zero attached hydrogens (tertiary/aromatic N) is 1. The molecule has 0 amide bonds. The standard InChI is InChI=1S/C28H35F2N/c1-2-3-4-7-21-10-14-24(15-11-21)25-16-12-22(13-17-25)8-5-6-9-23-18-27(29)26(20-31)28(30)19-23/h5,8,18-19,21-22,24-25H,2-4,7,10-17H2,1H3/t21-,22-,24-,25-. The van der Waals surface area contributed by atoms with Crippen LogP contribution in [-0.4, -0.2) is 0 Å². The van der Waals surface area contributed by atoms with E-state index in [0.717, 1.165) is 29.9 Å². The Bertz CT molecular complexity index is 815. The molecule has 2 fully saturated rings. The Morgan fingerprint density at radius 1 is 0.935 bits per heavy atom. The summed E-state index contributed by atoms with van der Waals surface area (Å²) in [6, 6.07) is 3.76. The summed E-state index contributed by atoms with van der Waals surface area (Å²) in [6.07, 6.45) is 20.4. The predicted molar refractivity (Wildman–Crippen MR) is 122 cm³/mol. The molecular weight excluding hydrogens is 388 g/mol. The Labute approximate surface area is 186 Å². The molecule has 1 nitrogen and oxygen atoms in total. The summed E-state index contributed by atoms with van der Waals surface area (Å²) >= 11 is 0. The van der Waals surface area contributed by atoms with Crippen LogP contribution in [0.1, 0.15) is 95.1 Å². The molecule has 0 N–H and O–H groups in total. The molecule has 2 aliphatic carbocycles. The lowest BCUT2D eigenvalue weighted by Crippen LogP contribution is -2.25. The van der Waals surface area contributed by atoms with Crippen LogP contribution in [0.15, 0.2) is 24.3 Å². The Morgan fingerprint density at radius 3 is 2.13 bits per heavy atom. The van der Waals surface area contributed by atoms with Crippen LogP contribution in [0.3, 0.4) is 0 Å². The lowest BCUT2D eigenvalue weighted by molar-refractivity contribution is 0.151. The highest BCUT2D eigenvalue weighted by atomic mass is 19.1. The number of hydrogen-bond acceptors (Lipinski definition) is 1. The van der Waals surface area contributed by atoms with Crippen LogP contribution in [-0.2, 0) is 0 Å². The number of hydrogen-bond donors (Lipinski definition) is 0. The number of rotatable bonds is 6. The van der Waals surface area contributed by atoms with E-state index in [1.807, 2.05) is 6.08 Å². The van der Waals surface area contributed by atoms with Gasteiger partial charge in [-0.2, -0.15) is 5.26 Å². The molecule has 0 aromatic heterocycles. The monoisotopic (exact) mass is 423 g/mol. The van der Waals surface area contributed by atoms with Crippen molar-refractivity contribution in [1.82, 2.24) is 0 Å². The molecule has 0 spiro atoms. The fourth-order valence-corrected chi connectivity index (χ4v) is 5.50. The molecule has 0 unspecified atom stereocenters. The maximum Gasteiger partial charge on any atom is 0.145 e. The summed E-state index contributed by atoms with van der Waals surface area (Å²) in [6.45, 7) is 2.28. The van der Waals surface area contributed by atoms with Gasteiger partial charge in [-0.1, -0.05) is 63.4 Å². The van der Waals surface area contributed by atoms with Gasteiger partial charge in [-0.3, -0.25) is 0 Å². The predicted octanol–water partition coefficient (Wildman–Crippen LogP) is 7.94. The Balaban J connectivity index is 1.41. The van der Waals surface area contributed by atoms with Crippen molar-refractivity contribution in [3.63, 3.8) is 0 Å². The molecule has 166 valence electrons. The van der Waals surface area contributed by atoms with E-state index in [0.29, 0.717) is 5.92 Å². The van der Waals surface area contributed by atoms with Gasteiger partial charge in [-0.05, 0) is 80.4 Å². The van der Waals surface area contributed by atoms with Gasteiger partial charge < -0.3 is 0 Å². The third-order valence-electron chi connectivity index (χ3n) is 7.41. The summed E-state index contributed by atoms with van der Waals surface area (Å²) in [5.74, 6) is 7.34. The maximum atomic E-state index is 13.6. The fraction of sp³-hybridized carbons (Fsp3) is 0.607. The zero-order chi connectivity index (χ0) is 22.1. The second kappa shape index (κ2) is 12.0. The molecule has 0 saturated heterocycles. The van der Waals surface area contributed by atoms with E-state index in [2.05, 4.69) is 24.8 Å². The summed E-state index contributed by atoms with van der Waals surface area (Å²) < 4.78 is 27.3. The normalized spacial score (nSPS) is 26.3. The molecule has 0 bridgehead atoms. The highest BCUT2D eigenvalue weighted by Crippen LogP contribution is 2.42. The zero-order valence-corrected chi connectivity index (χ0v) is 18.8. The van der Waals surface area contributed by atoms with Crippen LogP contribution in [0.2, 0.25) is 0 Å². The number of nitriles is 1. The van der Waals surface area contributed by atoms with Crippen molar-refractivity contribution in [2.75, 3.05) is 0 Å². The molecule has 3 rings (SSSR count). The van der Waals surface area contributed by atoms with E-state index in [9.17, 15) is 8.78 Å². The quantitative estimate of drug-likeness (QED) is 0.336. The molecular formula is C28H35F2N. The molecule has 0 aliphatic heterocycles. The molecule has 2 saturated carbocycles. The minimum Gasteiger partial charge on any atom is -0.205 e. The topological polar surface area (TPSA) is 23.8 Å². The van der Waals surface area contributed by atoms with E-state index >= 15 is 0 Å². The van der Waals surface area contributed by atoms with E-state index in [1.54, 1.807) is 0 Å². The van der Waals surface area contributed by atoms with Crippen molar-refractivity contribution < 1.29 is 8.78 Å². The minimum atomic E-state index is -0.857. The largest absolute Gasteiger partial charge is 0.205 e. The van der Waals surface area contributed by atoms with Crippen molar-refractivity contribution >= 4 is 0 Å². The number of allylic oxidation sites excluding steroid dienone is 2. The highest BCUT2D eigenvalue weighted by molar-refractivity contribution is 5.43. The van der Waals surface area contributed by atoms with Crippen molar-refractivity contribution in [2.45, 2.75) is 84.0 Å². The summed E-state index contributed by atoms with van der Waals surface area (Å²) in [5.41, 5.74) is -0.296. The van der Waals surface area contributed by atoms with Gasteiger partial charge >= 0.3 is 0 Å². The Kier molecular flexibility index (Phi) is 9.14. The average Bonchev–Trinajstić information content (AvgIpc) is 2.78. The smallest absolute Gasteiger partial charge is 0.145 e. The first kappa shape index (κ1) is 23.5. The SMILES string of the molecule is CCCCC[C@H]1CC[C@H]([C@H]2CC[C@H](C=CC#Cc3cc(F)c(C#N)c(F)c3)CC2)CC1. The van der Waals surface area contributed by atoms with E-state index in [1.165, 1.54) is 83.1 Å². The van der Waals surface area contributed by atoms with E-state index < -0.39 is 17.2 Å². The van der Waals surface area contributed by atoms with Crippen molar-refractivity contribution in [3.8, 4) is 17.9 Å². The second-order valence-electron chi connectivity index (χ2n) is 9.51. The van der Waals surface area contributed by atoms with Gasteiger partial charge in [0.15, 0.2) is 0 Å². The fourth-order valence-electron chi connectivity index (χ4n) is 5.50. The van der Waals surface area contributed by atoms with Crippen molar-refractivity contribution in [2.24, 2.45) is 23.7 Å². The highest BCUT2D eigenvalue weighted by Gasteiger charge is 2.30. The maximum absolute atomic E-state index is 13.6. The van der Waals surface area contributed by atoms with Gasteiger partial charge in [0.25, 0.3) is 0 Å². The summed E-state index contributed by atoms with van der Waals surface area (Å²) in [7, 11) is 0. The Morgan fingerprint density at radius 2 is 1.55 bits per heavy atom. The van der Waals surface area contributed by atoms with Gasteiger partial charge in [-0.15, -0.1) is 0 Å². The minimum absolute atomic E-state index is 0.257. The Hall–Kier alpha value is -2.13. The molecule has 1 aromatic rings. The van der Waals surface area contributed by atoms with Crippen LogP contribution in [0, 0.1) is 58.5 Å². The van der Waals surface area contributed by atoms with Gasteiger partial charge in [-0.25, -0.2) is 8.78 Å². The third kappa shape index (κ3) is 6.93. The first-order valence-electron chi connectivity index (χ1n) is 12.2. The zero-order valence-electron chi connectivity index (χ0n) is 18.8. The van der Waals surface area contributed by atoms with Crippen LogP contribution in [0.5, 0.6) is 0 Å². The number of halogens is 2. The number of unbranched alkanes of at least 4 members (excludes halogenated alkanes) is 2. The molecule has 0 radical (unpaired) electrons.